The van der Waals surface area contributed by atoms with Gasteiger partial charge in [-0.25, -0.2) is 15.0 Å². The van der Waals surface area contributed by atoms with E-state index in [4.69, 9.17) is 14.5 Å². The summed E-state index contributed by atoms with van der Waals surface area (Å²) < 4.78 is 10.6. The number of fused-ring (bicyclic) bond motifs is 1. The Labute approximate surface area is 177 Å². The Morgan fingerprint density at radius 3 is 2.80 bits per heavy atom. The predicted molar refractivity (Wildman–Crippen MR) is 117 cm³/mol. The van der Waals surface area contributed by atoms with Crippen molar-refractivity contribution in [2.24, 2.45) is 0 Å². The van der Waals surface area contributed by atoms with Crippen molar-refractivity contribution in [2.75, 3.05) is 51.4 Å². The summed E-state index contributed by atoms with van der Waals surface area (Å²) in [5, 5.41) is 0. The van der Waals surface area contributed by atoms with Crippen LogP contribution in [0.25, 0.3) is 11.0 Å². The number of hydrogen-bond acceptors (Lipinski definition) is 7. The predicted octanol–water partition coefficient (Wildman–Crippen LogP) is 2.40. The molecular formula is C22H30N6O2. The third-order valence-corrected chi connectivity index (χ3v) is 5.49. The molecule has 0 spiro atoms. The Balaban J connectivity index is 1.33. The maximum Gasteiger partial charge on any atom is 0.135 e. The SMILES string of the molecule is CCc1cncnc1N1CCN(Cc2nc3ccc(COCCOC)cc3[nH]2)CC1. The Hall–Kier alpha value is -2.55. The van der Waals surface area contributed by atoms with Crippen molar-refractivity contribution in [3.63, 3.8) is 0 Å². The van der Waals surface area contributed by atoms with Crippen molar-refractivity contribution in [1.82, 2.24) is 24.8 Å². The fourth-order valence-electron chi connectivity index (χ4n) is 3.82. The van der Waals surface area contributed by atoms with Crippen LogP contribution in [0.3, 0.4) is 0 Å². The molecule has 1 N–H and O–H groups in total. The molecule has 8 heteroatoms. The number of benzene rings is 1. The molecule has 0 unspecified atom stereocenters. The Kier molecular flexibility index (Phi) is 6.88. The van der Waals surface area contributed by atoms with Crippen molar-refractivity contribution < 1.29 is 9.47 Å². The number of nitrogens with one attached hydrogen (secondary N) is 1. The average molecular weight is 411 g/mol. The molecule has 1 aliphatic rings. The Morgan fingerprint density at radius 2 is 2.00 bits per heavy atom. The van der Waals surface area contributed by atoms with E-state index < -0.39 is 0 Å². The van der Waals surface area contributed by atoms with Gasteiger partial charge in [0.2, 0.25) is 0 Å². The maximum atomic E-state index is 5.62. The van der Waals surface area contributed by atoms with Crippen molar-refractivity contribution in [1.29, 1.82) is 0 Å². The van der Waals surface area contributed by atoms with E-state index in [0.29, 0.717) is 19.8 Å². The monoisotopic (exact) mass is 410 g/mol. The molecule has 2 aromatic heterocycles. The molecule has 1 aliphatic heterocycles. The van der Waals surface area contributed by atoms with E-state index in [0.717, 1.165) is 67.4 Å². The highest BCUT2D eigenvalue weighted by Crippen LogP contribution is 2.20. The molecule has 0 amide bonds. The molecule has 1 saturated heterocycles. The van der Waals surface area contributed by atoms with Crippen molar-refractivity contribution >= 4 is 16.9 Å². The van der Waals surface area contributed by atoms with Crippen molar-refractivity contribution in [3.8, 4) is 0 Å². The number of aryl methyl sites for hydroxylation is 1. The summed E-state index contributed by atoms with van der Waals surface area (Å²) in [5.74, 6) is 2.09. The first kappa shape index (κ1) is 20.7. The molecule has 0 aliphatic carbocycles. The molecule has 8 nitrogen and oxygen atoms in total. The van der Waals surface area contributed by atoms with E-state index in [9.17, 15) is 0 Å². The molecule has 4 rings (SSSR count). The summed E-state index contributed by atoms with van der Waals surface area (Å²) in [5.41, 5.74) is 4.41. The standard InChI is InChI=1S/C22H30N6O2/c1-3-18-13-23-16-24-22(18)28-8-6-27(7-9-28)14-21-25-19-5-4-17(12-20(19)26-21)15-30-11-10-29-2/h4-5,12-13,16H,3,6-11,14-15H2,1-2H3,(H,25,26). The number of anilines is 1. The van der Waals surface area contributed by atoms with Crippen LogP contribution in [-0.2, 0) is 29.0 Å². The molecule has 0 atom stereocenters. The summed E-state index contributed by atoms with van der Waals surface area (Å²) in [6, 6.07) is 6.26. The van der Waals surface area contributed by atoms with Gasteiger partial charge in [0.05, 0.1) is 37.4 Å². The highest BCUT2D eigenvalue weighted by molar-refractivity contribution is 5.75. The van der Waals surface area contributed by atoms with Gasteiger partial charge in [0.15, 0.2) is 0 Å². The molecule has 160 valence electrons. The first-order valence-corrected chi connectivity index (χ1v) is 10.6. The molecule has 0 saturated carbocycles. The lowest BCUT2D eigenvalue weighted by Gasteiger charge is -2.35. The molecule has 1 aromatic carbocycles. The first-order chi connectivity index (χ1) is 14.8. The van der Waals surface area contributed by atoms with Gasteiger partial charge < -0.3 is 19.4 Å². The minimum Gasteiger partial charge on any atom is -0.382 e. The number of piperazine rings is 1. The van der Waals surface area contributed by atoms with Crippen LogP contribution in [0.1, 0.15) is 23.9 Å². The average Bonchev–Trinajstić information content (AvgIpc) is 3.19. The Bertz CT molecular complexity index is 952. The second kappa shape index (κ2) is 9.97. The second-order valence-electron chi connectivity index (χ2n) is 7.57. The van der Waals surface area contributed by atoms with Gasteiger partial charge in [0, 0.05) is 45.0 Å². The van der Waals surface area contributed by atoms with Crippen molar-refractivity contribution in [2.45, 2.75) is 26.5 Å². The lowest BCUT2D eigenvalue weighted by Crippen LogP contribution is -2.46. The van der Waals surface area contributed by atoms with Crippen LogP contribution in [0.5, 0.6) is 0 Å². The molecule has 3 aromatic rings. The largest absolute Gasteiger partial charge is 0.382 e. The van der Waals surface area contributed by atoms with Gasteiger partial charge in [-0.1, -0.05) is 13.0 Å². The molecular weight excluding hydrogens is 380 g/mol. The number of nitrogens with zero attached hydrogens (tertiary/aromatic N) is 5. The molecule has 0 bridgehead atoms. The summed E-state index contributed by atoms with van der Waals surface area (Å²) in [6.07, 6.45) is 4.53. The van der Waals surface area contributed by atoms with Crippen LogP contribution in [0.2, 0.25) is 0 Å². The van der Waals surface area contributed by atoms with Gasteiger partial charge >= 0.3 is 0 Å². The number of H-pyrrole nitrogens is 1. The number of ether oxygens (including phenoxy) is 2. The topological polar surface area (TPSA) is 79.4 Å². The van der Waals surface area contributed by atoms with E-state index in [1.54, 1.807) is 13.4 Å². The smallest absolute Gasteiger partial charge is 0.135 e. The third kappa shape index (κ3) is 4.95. The van der Waals surface area contributed by atoms with Gasteiger partial charge in [-0.3, -0.25) is 4.90 Å². The van der Waals surface area contributed by atoms with Crippen LogP contribution < -0.4 is 4.90 Å². The van der Waals surface area contributed by atoms with E-state index in [2.05, 4.69) is 49.9 Å². The highest BCUT2D eigenvalue weighted by atomic mass is 16.5. The number of methoxy groups -OCH3 is 1. The van der Waals surface area contributed by atoms with Gasteiger partial charge in [0.25, 0.3) is 0 Å². The van der Waals surface area contributed by atoms with Crippen molar-refractivity contribution in [3.05, 3.63) is 47.7 Å². The van der Waals surface area contributed by atoms with Crippen LogP contribution in [0.4, 0.5) is 5.82 Å². The fraction of sp³-hybridized carbons (Fsp3) is 0.500. The number of hydrogen-bond donors (Lipinski definition) is 1. The van der Waals surface area contributed by atoms with Gasteiger partial charge in [-0.05, 0) is 24.1 Å². The number of aromatic nitrogens is 4. The Morgan fingerprint density at radius 1 is 1.13 bits per heavy atom. The minimum absolute atomic E-state index is 0.582. The highest BCUT2D eigenvalue weighted by Gasteiger charge is 2.20. The van der Waals surface area contributed by atoms with Gasteiger partial charge in [-0.15, -0.1) is 0 Å². The van der Waals surface area contributed by atoms with E-state index >= 15 is 0 Å². The molecule has 3 heterocycles. The zero-order chi connectivity index (χ0) is 20.8. The van der Waals surface area contributed by atoms with Crippen LogP contribution in [0, 0.1) is 0 Å². The molecule has 1 fully saturated rings. The van der Waals surface area contributed by atoms with E-state index in [1.165, 1.54) is 5.56 Å². The zero-order valence-electron chi connectivity index (χ0n) is 17.8. The van der Waals surface area contributed by atoms with E-state index in [1.807, 2.05) is 6.20 Å². The second-order valence-corrected chi connectivity index (χ2v) is 7.57. The quantitative estimate of drug-likeness (QED) is 0.543. The van der Waals surface area contributed by atoms with Crippen LogP contribution in [0.15, 0.2) is 30.7 Å². The van der Waals surface area contributed by atoms with Gasteiger partial charge in [0.1, 0.15) is 18.0 Å². The summed E-state index contributed by atoms with van der Waals surface area (Å²) >= 11 is 0. The van der Waals surface area contributed by atoms with E-state index in [-0.39, 0.29) is 0 Å². The lowest BCUT2D eigenvalue weighted by molar-refractivity contribution is 0.0617. The number of imidazole rings is 1. The first-order valence-electron chi connectivity index (χ1n) is 10.6. The van der Waals surface area contributed by atoms with Gasteiger partial charge in [-0.2, -0.15) is 0 Å². The number of rotatable bonds is 9. The summed E-state index contributed by atoms with van der Waals surface area (Å²) in [4.78, 5) is 21.7. The zero-order valence-corrected chi connectivity index (χ0v) is 17.8. The molecule has 30 heavy (non-hydrogen) atoms. The van der Waals surface area contributed by atoms with Crippen LogP contribution >= 0.6 is 0 Å². The van der Waals surface area contributed by atoms with Crippen LogP contribution in [-0.4, -0.2) is 71.3 Å². The summed E-state index contributed by atoms with van der Waals surface area (Å²) in [7, 11) is 1.68. The lowest BCUT2D eigenvalue weighted by atomic mass is 10.2. The minimum atomic E-state index is 0.582. The normalized spacial score (nSPS) is 15.2. The number of aromatic amines is 1. The third-order valence-electron chi connectivity index (χ3n) is 5.49. The maximum absolute atomic E-state index is 5.62. The summed E-state index contributed by atoms with van der Waals surface area (Å²) in [6.45, 7) is 8.68. The molecule has 0 radical (unpaired) electrons. The fourth-order valence-corrected chi connectivity index (χ4v) is 3.82.